The van der Waals surface area contributed by atoms with E-state index in [4.69, 9.17) is 10.6 Å². The first-order chi connectivity index (χ1) is 8.42. The van der Waals surface area contributed by atoms with Crippen LogP contribution in [0.3, 0.4) is 0 Å². The molecule has 0 amide bonds. The first-order valence-corrected chi connectivity index (χ1v) is 6.08. The number of hydrazine groups is 1. The maximum Gasteiger partial charge on any atom is 0.323 e. The zero-order chi connectivity index (χ0) is 13.7. The Morgan fingerprint density at radius 2 is 1.61 bits per heavy atom. The normalized spacial score (nSPS) is 12.7. The van der Waals surface area contributed by atoms with Crippen LogP contribution < -0.4 is 21.3 Å². The van der Waals surface area contributed by atoms with Crippen molar-refractivity contribution < 1.29 is 4.74 Å². The number of anilines is 2. The van der Waals surface area contributed by atoms with Crippen molar-refractivity contribution >= 4 is 11.9 Å². The average molecular weight is 254 g/mol. The third kappa shape index (κ3) is 4.33. The monoisotopic (exact) mass is 254 g/mol. The largest absolute Gasteiger partial charge is 0.461 e. The van der Waals surface area contributed by atoms with Crippen molar-refractivity contribution in [1.82, 2.24) is 15.0 Å². The molecule has 7 heteroatoms. The molecular formula is C11H22N6O. The second kappa shape index (κ2) is 6.34. The van der Waals surface area contributed by atoms with Crippen molar-refractivity contribution in [2.45, 2.75) is 46.8 Å². The molecule has 0 radical (unpaired) electrons. The highest BCUT2D eigenvalue weighted by atomic mass is 16.5. The van der Waals surface area contributed by atoms with Crippen molar-refractivity contribution in [2.75, 3.05) is 10.7 Å². The molecule has 1 aromatic heterocycles. The Hall–Kier alpha value is -1.63. The summed E-state index contributed by atoms with van der Waals surface area (Å²) >= 11 is 0. The Bertz CT molecular complexity index is 382. The third-order valence-electron chi connectivity index (χ3n) is 2.44. The minimum Gasteiger partial charge on any atom is -0.461 e. The van der Waals surface area contributed by atoms with Gasteiger partial charge in [-0.1, -0.05) is 13.8 Å². The van der Waals surface area contributed by atoms with Gasteiger partial charge in [0, 0.05) is 6.04 Å². The lowest BCUT2D eigenvalue weighted by molar-refractivity contribution is 0.222. The van der Waals surface area contributed by atoms with Crippen LogP contribution in [0, 0.1) is 5.92 Å². The van der Waals surface area contributed by atoms with Gasteiger partial charge in [-0.15, -0.1) is 0 Å². The van der Waals surface area contributed by atoms with Gasteiger partial charge in [0.15, 0.2) is 0 Å². The highest BCUT2D eigenvalue weighted by Crippen LogP contribution is 2.14. The molecule has 0 aromatic carbocycles. The number of nitrogens with two attached hydrogens (primary N) is 1. The van der Waals surface area contributed by atoms with Crippen LogP contribution in [0.4, 0.5) is 11.9 Å². The summed E-state index contributed by atoms with van der Waals surface area (Å²) in [6.45, 7) is 10.1. The smallest absolute Gasteiger partial charge is 0.323 e. The number of nitrogen functional groups attached to an aromatic ring is 1. The third-order valence-corrected chi connectivity index (χ3v) is 2.44. The molecule has 1 atom stereocenters. The first kappa shape index (κ1) is 14.4. The van der Waals surface area contributed by atoms with E-state index < -0.39 is 0 Å². The van der Waals surface area contributed by atoms with Crippen LogP contribution in [0.5, 0.6) is 6.01 Å². The quantitative estimate of drug-likeness (QED) is 0.521. The molecule has 0 aliphatic heterocycles. The van der Waals surface area contributed by atoms with Gasteiger partial charge in [-0.05, 0) is 26.7 Å². The van der Waals surface area contributed by atoms with Gasteiger partial charge in [-0.2, -0.15) is 15.0 Å². The standard InChI is InChI=1S/C11H22N6O/c1-6(2)8(5)13-9-14-10(17-12)16-11(15-9)18-7(3)4/h6-8H,12H2,1-5H3,(H2,13,14,15,16,17). The minimum absolute atomic E-state index is 0.00611. The summed E-state index contributed by atoms with van der Waals surface area (Å²) in [5.41, 5.74) is 2.40. The van der Waals surface area contributed by atoms with E-state index >= 15 is 0 Å². The molecular weight excluding hydrogens is 232 g/mol. The predicted molar refractivity (Wildman–Crippen MR) is 71.3 cm³/mol. The Labute approximate surface area is 108 Å². The van der Waals surface area contributed by atoms with Gasteiger partial charge in [0.1, 0.15) is 0 Å². The van der Waals surface area contributed by atoms with Crippen LogP contribution in [0.1, 0.15) is 34.6 Å². The zero-order valence-electron chi connectivity index (χ0n) is 11.6. The van der Waals surface area contributed by atoms with E-state index in [1.165, 1.54) is 0 Å². The highest BCUT2D eigenvalue weighted by molar-refractivity contribution is 5.35. The van der Waals surface area contributed by atoms with Gasteiger partial charge < -0.3 is 10.1 Å². The molecule has 18 heavy (non-hydrogen) atoms. The number of hydrogen-bond donors (Lipinski definition) is 3. The molecule has 1 unspecified atom stereocenters. The molecule has 0 saturated carbocycles. The summed E-state index contributed by atoms with van der Waals surface area (Å²) in [5, 5.41) is 3.19. The number of ether oxygens (including phenoxy) is 1. The predicted octanol–water partition coefficient (Wildman–Crippen LogP) is 1.40. The van der Waals surface area contributed by atoms with Crippen molar-refractivity contribution in [3.63, 3.8) is 0 Å². The maximum absolute atomic E-state index is 5.44. The first-order valence-electron chi connectivity index (χ1n) is 6.08. The Morgan fingerprint density at radius 1 is 1.00 bits per heavy atom. The molecule has 7 nitrogen and oxygen atoms in total. The van der Waals surface area contributed by atoms with E-state index in [0.29, 0.717) is 11.9 Å². The van der Waals surface area contributed by atoms with Gasteiger partial charge in [0.25, 0.3) is 0 Å². The van der Waals surface area contributed by atoms with Gasteiger partial charge in [0.05, 0.1) is 6.10 Å². The molecule has 0 bridgehead atoms. The Kier molecular flexibility index (Phi) is 5.08. The fourth-order valence-corrected chi connectivity index (χ4v) is 1.12. The van der Waals surface area contributed by atoms with E-state index in [0.717, 1.165) is 0 Å². The van der Waals surface area contributed by atoms with Crippen molar-refractivity contribution in [1.29, 1.82) is 0 Å². The second-order valence-corrected chi connectivity index (χ2v) is 4.75. The van der Waals surface area contributed by atoms with E-state index in [-0.39, 0.29) is 24.1 Å². The fourth-order valence-electron chi connectivity index (χ4n) is 1.12. The lowest BCUT2D eigenvalue weighted by atomic mass is 10.1. The molecule has 0 aliphatic rings. The van der Waals surface area contributed by atoms with Crippen molar-refractivity contribution in [3.8, 4) is 6.01 Å². The topological polar surface area (TPSA) is 98.0 Å². The lowest BCUT2D eigenvalue weighted by Gasteiger charge is -2.18. The molecule has 0 spiro atoms. The molecule has 0 saturated heterocycles. The summed E-state index contributed by atoms with van der Waals surface area (Å²) in [6.07, 6.45) is -0.00611. The summed E-state index contributed by atoms with van der Waals surface area (Å²) in [4.78, 5) is 12.3. The van der Waals surface area contributed by atoms with Gasteiger partial charge in [-0.25, -0.2) is 5.84 Å². The maximum atomic E-state index is 5.44. The molecule has 4 N–H and O–H groups in total. The molecule has 0 fully saturated rings. The van der Waals surface area contributed by atoms with Gasteiger partial charge >= 0.3 is 6.01 Å². The number of nitrogens with zero attached hydrogens (tertiary/aromatic N) is 3. The van der Waals surface area contributed by atoms with E-state index in [9.17, 15) is 0 Å². The summed E-state index contributed by atoms with van der Waals surface area (Å²) in [6, 6.07) is 0.497. The van der Waals surface area contributed by atoms with E-state index in [2.05, 4.69) is 46.5 Å². The number of hydrogen-bond acceptors (Lipinski definition) is 7. The second-order valence-electron chi connectivity index (χ2n) is 4.75. The van der Waals surface area contributed by atoms with Gasteiger partial charge in [0.2, 0.25) is 11.9 Å². The van der Waals surface area contributed by atoms with E-state index in [1.807, 2.05) is 13.8 Å². The summed E-state index contributed by atoms with van der Waals surface area (Å²) in [7, 11) is 0. The molecule has 0 aliphatic carbocycles. The summed E-state index contributed by atoms with van der Waals surface area (Å²) in [5.74, 6) is 6.52. The highest BCUT2D eigenvalue weighted by Gasteiger charge is 2.12. The number of nitrogens with one attached hydrogen (secondary N) is 2. The lowest BCUT2D eigenvalue weighted by Crippen LogP contribution is -2.24. The van der Waals surface area contributed by atoms with Crippen LogP contribution in [0.15, 0.2) is 0 Å². The Balaban J connectivity index is 2.89. The molecule has 1 aromatic rings. The van der Waals surface area contributed by atoms with Crippen LogP contribution in [-0.2, 0) is 0 Å². The van der Waals surface area contributed by atoms with Crippen LogP contribution in [0.25, 0.3) is 0 Å². The zero-order valence-corrected chi connectivity index (χ0v) is 11.6. The van der Waals surface area contributed by atoms with Crippen molar-refractivity contribution in [2.24, 2.45) is 11.8 Å². The van der Waals surface area contributed by atoms with E-state index in [1.54, 1.807) is 0 Å². The van der Waals surface area contributed by atoms with Crippen molar-refractivity contribution in [3.05, 3.63) is 0 Å². The minimum atomic E-state index is -0.00611. The molecule has 1 heterocycles. The molecule has 102 valence electrons. The fraction of sp³-hybridized carbons (Fsp3) is 0.727. The van der Waals surface area contributed by atoms with Crippen LogP contribution >= 0.6 is 0 Å². The van der Waals surface area contributed by atoms with Gasteiger partial charge in [-0.3, -0.25) is 5.43 Å². The van der Waals surface area contributed by atoms with Crippen LogP contribution in [-0.4, -0.2) is 27.1 Å². The number of rotatable bonds is 6. The molecule has 1 rings (SSSR count). The number of aromatic nitrogens is 3. The SMILES string of the molecule is CC(C)Oc1nc(NN)nc(NC(C)C(C)C)n1. The van der Waals surface area contributed by atoms with Crippen LogP contribution in [0.2, 0.25) is 0 Å². The Morgan fingerprint density at radius 3 is 2.11 bits per heavy atom. The summed E-state index contributed by atoms with van der Waals surface area (Å²) < 4.78 is 5.44. The average Bonchev–Trinajstić information content (AvgIpc) is 2.27.